The fraction of sp³-hybridized carbons (Fsp3) is 0.200. The van der Waals surface area contributed by atoms with E-state index >= 15 is 0 Å². The molecule has 0 radical (unpaired) electrons. The third-order valence-corrected chi connectivity index (χ3v) is 4.84. The third kappa shape index (κ3) is 3.64. The quantitative estimate of drug-likeness (QED) is 0.904. The maximum absolute atomic E-state index is 12.4. The van der Waals surface area contributed by atoms with E-state index in [1.807, 2.05) is 0 Å². The van der Waals surface area contributed by atoms with Gasteiger partial charge in [-0.25, -0.2) is 8.42 Å². The molecule has 118 valence electrons. The molecule has 0 amide bonds. The number of hydrogen-bond donors (Lipinski definition) is 1. The largest absolute Gasteiger partial charge is 0.497 e. The van der Waals surface area contributed by atoms with Gasteiger partial charge in [0.1, 0.15) is 11.5 Å². The second-order valence-electron chi connectivity index (χ2n) is 4.62. The van der Waals surface area contributed by atoms with Crippen molar-refractivity contribution in [1.29, 1.82) is 0 Å². The summed E-state index contributed by atoms with van der Waals surface area (Å²) in [6.45, 7) is 1.80. The fourth-order valence-electron chi connectivity index (χ4n) is 1.82. The first-order chi connectivity index (χ1) is 10.4. The van der Waals surface area contributed by atoms with Crippen LogP contribution in [0.25, 0.3) is 0 Å². The SMILES string of the molecule is COc1cc(NS(=O)(=O)c2ccc(C)c(Cl)c2)cc(OC)c1. The van der Waals surface area contributed by atoms with Gasteiger partial charge in [-0.15, -0.1) is 0 Å². The van der Waals surface area contributed by atoms with Crippen LogP contribution < -0.4 is 14.2 Å². The smallest absolute Gasteiger partial charge is 0.261 e. The molecule has 2 aromatic carbocycles. The summed E-state index contributed by atoms with van der Waals surface area (Å²) >= 11 is 5.99. The summed E-state index contributed by atoms with van der Waals surface area (Å²) < 4.78 is 37.5. The van der Waals surface area contributed by atoms with Gasteiger partial charge in [0.05, 0.1) is 24.8 Å². The van der Waals surface area contributed by atoms with Gasteiger partial charge in [0.2, 0.25) is 0 Å². The number of methoxy groups -OCH3 is 2. The van der Waals surface area contributed by atoms with Crippen molar-refractivity contribution in [3.63, 3.8) is 0 Å². The van der Waals surface area contributed by atoms with Crippen molar-refractivity contribution in [2.45, 2.75) is 11.8 Å². The van der Waals surface area contributed by atoms with Crippen LogP contribution in [0.2, 0.25) is 5.02 Å². The zero-order valence-electron chi connectivity index (χ0n) is 12.4. The number of benzene rings is 2. The average Bonchev–Trinajstić information content (AvgIpc) is 2.48. The number of rotatable bonds is 5. The predicted octanol–water partition coefficient (Wildman–Crippen LogP) is 3.47. The Kier molecular flexibility index (Phi) is 4.83. The van der Waals surface area contributed by atoms with E-state index in [2.05, 4.69) is 4.72 Å². The number of halogens is 1. The summed E-state index contributed by atoms with van der Waals surface area (Å²) in [5, 5.41) is 0.395. The number of hydrogen-bond acceptors (Lipinski definition) is 4. The van der Waals surface area contributed by atoms with E-state index in [9.17, 15) is 8.42 Å². The minimum atomic E-state index is -3.75. The van der Waals surface area contributed by atoms with Gasteiger partial charge < -0.3 is 9.47 Å². The monoisotopic (exact) mass is 341 g/mol. The van der Waals surface area contributed by atoms with Crippen molar-refractivity contribution in [2.75, 3.05) is 18.9 Å². The van der Waals surface area contributed by atoms with Gasteiger partial charge in [-0.2, -0.15) is 0 Å². The standard InChI is InChI=1S/C15H16ClNO4S/c1-10-4-5-14(9-15(10)16)22(18,19)17-11-6-12(20-2)8-13(7-11)21-3/h4-9,17H,1-3H3. The van der Waals surface area contributed by atoms with E-state index in [-0.39, 0.29) is 4.90 Å². The van der Waals surface area contributed by atoms with Crippen molar-refractivity contribution in [3.8, 4) is 11.5 Å². The van der Waals surface area contributed by atoms with Crippen LogP contribution in [0.1, 0.15) is 5.56 Å². The van der Waals surface area contributed by atoms with Crippen LogP contribution in [0.5, 0.6) is 11.5 Å². The molecule has 0 atom stereocenters. The number of ether oxygens (including phenoxy) is 2. The molecular formula is C15H16ClNO4S. The van der Waals surface area contributed by atoms with Crippen LogP contribution in [-0.2, 0) is 10.0 Å². The molecule has 0 aromatic heterocycles. The maximum Gasteiger partial charge on any atom is 0.261 e. The highest BCUT2D eigenvalue weighted by molar-refractivity contribution is 7.92. The zero-order valence-corrected chi connectivity index (χ0v) is 14.0. The second-order valence-corrected chi connectivity index (χ2v) is 6.71. The van der Waals surface area contributed by atoms with E-state index in [4.69, 9.17) is 21.1 Å². The van der Waals surface area contributed by atoms with Gasteiger partial charge >= 0.3 is 0 Å². The van der Waals surface area contributed by atoms with Crippen LogP contribution in [0.15, 0.2) is 41.3 Å². The summed E-state index contributed by atoms with van der Waals surface area (Å²) in [7, 11) is -0.762. The molecule has 0 saturated heterocycles. The first-order valence-corrected chi connectivity index (χ1v) is 8.24. The minimum absolute atomic E-state index is 0.0879. The van der Waals surface area contributed by atoms with E-state index in [1.165, 1.54) is 26.4 Å². The lowest BCUT2D eigenvalue weighted by Crippen LogP contribution is -2.13. The molecule has 0 aliphatic rings. The topological polar surface area (TPSA) is 64.6 Å². The Balaban J connectivity index is 2.37. The van der Waals surface area contributed by atoms with Crippen molar-refractivity contribution in [2.24, 2.45) is 0 Å². The lowest BCUT2D eigenvalue weighted by atomic mass is 10.2. The van der Waals surface area contributed by atoms with Gasteiger partial charge in [-0.05, 0) is 24.6 Å². The van der Waals surface area contributed by atoms with Crippen molar-refractivity contribution in [1.82, 2.24) is 0 Å². The molecule has 0 fully saturated rings. The Morgan fingerprint density at radius 1 is 1.00 bits per heavy atom. The molecule has 0 bridgehead atoms. The number of sulfonamides is 1. The molecule has 2 aromatic rings. The van der Waals surface area contributed by atoms with Gasteiger partial charge in [0, 0.05) is 23.2 Å². The molecule has 2 rings (SSSR count). The highest BCUT2D eigenvalue weighted by atomic mass is 35.5. The minimum Gasteiger partial charge on any atom is -0.497 e. The van der Waals surface area contributed by atoms with Crippen LogP contribution in [0.3, 0.4) is 0 Å². The van der Waals surface area contributed by atoms with Crippen molar-refractivity contribution < 1.29 is 17.9 Å². The predicted molar refractivity (Wildman–Crippen MR) is 86.5 cm³/mol. The molecule has 22 heavy (non-hydrogen) atoms. The Bertz CT molecular complexity index is 768. The van der Waals surface area contributed by atoms with Crippen LogP contribution in [0, 0.1) is 6.92 Å². The molecule has 0 spiro atoms. The van der Waals surface area contributed by atoms with Gasteiger partial charge in [0.15, 0.2) is 0 Å². The Morgan fingerprint density at radius 2 is 1.59 bits per heavy atom. The number of anilines is 1. The summed E-state index contributed by atoms with van der Waals surface area (Å²) in [4.78, 5) is 0.0879. The maximum atomic E-state index is 12.4. The molecule has 0 unspecified atom stereocenters. The van der Waals surface area contributed by atoms with E-state index < -0.39 is 10.0 Å². The second kappa shape index (κ2) is 6.46. The van der Waals surface area contributed by atoms with E-state index in [0.29, 0.717) is 22.2 Å². The van der Waals surface area contributed by atoms with E-state index in [1.54, 1.807) is 31.2 Å². The van der Waals surface area contributed by atoms with Crippen LogP contribution in [0.4, 0.5) is 5.69 Å². The third-order valence-electron chi connectivity index (χ3n) is 3.06. The average molecular weight is 342 g/mol. The molecule has 0 heterocycles. The lowest BCUT2D eigenvalue weighted by molar-refractivity contribution is 0.395. The first-order valence-electron chi connectivity index (χ1n) is 6.38. The highest BCUT2D eigenvalue weighted by Gasteiger charge is 2.16. The number of aryl methyl sites for hydroxylation is 1. The Morgan fingerprint density at radius 3 is 2.09 bits per heavy atom. The lowest BCUT2D eigenvalue weighted by Gasteiger charge is -2.12. The van der Waals surface area contributed by atoms with Crippen molar-refractivity contribution >= 4 is 27.3 Å². The van der Waals surface area contributed by atoms with Gasteiger partial charge in [0.25, 0.3) is 10.0 Å². The van der Waals surface area contributed by atoms with Crippen molar-refractivity contribution in [3.05, 3.63) is 47.0 Å². The Labute approximate surface area is 134 Å². The molecule has 7 heteroatoms. The van der Waals surface area contributed by atoms with E-state index in [0.717, 1.165) is 5.56 Å². The van der Waals surface area contributed by atoms with Crippen LogP contribution in [-0.4, -0.2) is 22.6 Å². The summed E-state index contributed by atoms with van der Waals surface area (Å²) in [5.74, 6) is 0.970. The first kappa shape index (κ1) is 16.5. The molecule has 0 aliphatic heterocycles. The zero-order chi connectivity index (χ0) is 16.3. The normalized spacial score (nSPS) is 11.1. The summed E-state index contributed by atoms with van der Waals surface area (Å²) in [5.41, 5.74) is 1.15. The molecule has 0 saturated carbocycles. The molecular weight excluding hydrogens is 326 g/mol. The fourth-order valence-corrected chi connectivity index (χ4v) is 3.13. The molecule has 1 N–H and O–H groups in total. The molecule has 5 nitrogen and oxygen atoms in total. The van der Waals surface area contributed by atoms with Crippen LogP contribution >= 0.6 is 11.6 Å². The Hall–Kier alpha value is -1.92. The molecule has 0 aliphatic carbocycles. The van der Waals surface area contributed by atoms with Gasteiger partial charge in [-0.1, -0.05) is 17.7 Å². The highest BCUT2D eigenvalue weighted by Crippen LogP contribution is 2.28. The summed E-state index contributed by atoms with van der Waals surface area (Å²) in [6.07, 6.45) is 0. The van der Waals surface area contributed by atoms with Gasteiger partial charge in [-0.3, -0.25) is 4.72 Å². The summed E-state index contributed by atoms with van der Waals surface area (Å²) in [6, 6.07) is 9.35. The number of nitrogens with one attached hydrogen (secondary N) is 1.